The van der Waals surface area contributed by atoms with Crippen LogP contribution in [0.5, 0.6) is 11.5 Å². The van der Waals surface area contributed by atoms with E-state index in [-0.39, 0.29) is 11.3 Å². The van der Waals surface area contributed by atoms with Gasteiger partial charge in [-0.15, -0.1) is 0 Å². The average molecular weight is 413 g/mol. The van der Waals surface area contributed by atoms with Crippen molar-refractivity contribution in [2.24, 2.45) is 0 Å². The number of ketones is 1. The molecule has 2 aromatic rings. The third-order valence-electron chi connectivity index (χ3n) is 4.13. The van der Waals surface area contributed by atoms with Gasteiger partial charge in [-0.05, 0) is 57.5 Å². The number of anilines is 1. The molecule has 7 nitrogen and oxygen atoms in total. The zero-order chi connectivity index (χ0) is 22.1. The second-order valence-electron chi connectivity index (χ2n) is 6.62. The van der Waals surface area contributed by atoms with Crippen molar-refractivity contribution in [2.45, 2.75) is 40.2 Å². The summed E-state index contributed by atoms with van der Waals surface area (Å²) in [4.78, 5) is 36.4. The van der Waals surface area contributed by atoms with Crippen LogP contribution in [-0.2, 0) is 9.53 Å². The number of Topliss-reactive ketones (excluding diaryl/α,β-unsaturated/α-hetero) is 1. The molecule has 0 aromatic heterocycles. The molecule has 2 rings (SSSR count). The van der Waals surface area contributed by atoms with E-state index in [4.69, 9.17) is 14.2 Å². The minimum atomic E-state index is -1.04. The number of esters is 1. The topological polar surface area (TPSA) is 90.9 Å². The van der Waals surface area contributed by atoms with E-state index in [1.54, 1.807) is 36.4 Å². The van der Waals surface area contributed by atoms with E-state index < -0.39 is 18.0 Å². The van der Waals surface area contributed by atoms with Gasteiger partial charge in [-0.3, -0.25) is 9.59 Å². The molecule has 0 saturated heterocycles. The lowest BCUT2D eigenvalue weighted by Gasteiger charge is -2.15. The van der Waals surface area contributed by atoms with E-state index >= 15 is 0 Å². The molecule has 0 radical (unpaired) electrons. The molecule has 160 valence electrons. The lowest BCUT2D eigenvalue weighted by molar-refractivity contribution is -0.123. The number of hydrogen-bond donors (Lipinski definition) is 1. The van der Waals surface area contributed by atoms with Gasteiger partial charge in [0.05, 0.1) is 18.8 Å². The van der Waals surface area contributed by atoms with Crippen LogP contribution in [0, 0.1) is 0 Å². The highest BCUT2D eigenvalue weighted by atomic mass is 16.5. The zero-order valence-corrected chi connectivity index (χ0v) is 17.7. The third kappa shape index (κ3) is 6.34. The van der Waals surface area contributed by atoms with Gasteiger partial charge in [0.25, 0.3) is 5.91 Å². The maximum Gasteiger partial charge on any atom is 0.339 e. The van der Waals surface area contributed by atoms with Crippen molar-refractivity contribution < 1.29 is 28.6 Å². The molecule has 0 aliphatic heterocycles. The van der Waals surface area contributed by atoms with E-state index in [9.17, 15) is 14.4 Å². The van der Waals surface area contributed by atoms with Crippen LogP contribution in [0.3, 0.4) is 0 Å². The Labute approximate surface area is 176 Å². The Kier molecular flexibility index (Phi) is 8.41. The molecule has 0 fully saturated rings. The first-order chi connectivity index (χ1) is 14.3. The number of nitrogens with one attached hydrogen (secondary N) is 1. The second kappa shape index (κ2) is 11.0. The summed E-state index contributed by atoms with van der Waals surface area (Å²) in [6.45, 7) is 7.70. The maximum atomic E-state index is 12.5. The van der Waals surface area contributed by atoms with Crippen LogP contribution in [0.25, 0.3) is 0 Å². The smallest absolute Gasteiger partial charge is 0.339 e. The third-order valence-corrected chi connectivity index (χ3v) is 4.13. The van der Waals surface area contributed by atoms with E-state index in [1.807, 2.05) is 13.8 Å². The molecule has 0 aliphatic carbocycles. The average Bonchev–Trinajstić information content (AvgIpc) is 2.73. The predicted octanol–water partition coefficient (Wildman–Crippen LogP) is 4.26. The van der Waals surface area contributed by atoms with Crippen molar-refractivity contribution in [2.75, 3.05) is 18.5 Å². The van der Waals surface area contributed by atoms with E-state index in [2.05, 4.69) is 5.32 Å². The van der Waals surface area contributed by atoms with Crippen molar-refractivity contribution in [3.63, 3.8) is 0 Å². The Hall–Kier alpha value is -3.35. The molecule has 7 heteroatoms. The Bertz CT molecular complexity index is 908. The van der Waals surface area contributed by atoms with Gasteiger partial charge >= 0.3 is 5.97 Å². The predicted molar refractivity (Wildman–Crippen MR) is 113 cm³/mol. The van der Waals surface area contributed by atoms with E-state index in [1.165, 1.54) is 19.9 Å². The van der Waals surface area contributed by atoms with Crippen molar-refractivity contribution in [3.8, 4) is 11.5 Å². The highest BCUT2D eigenvalue weighted by Gasteiger charge is 2.20. The summed E-state index contributed by atoms with van der Waals surface area (Å²) in [5.74, 6) is -0.276. The molecule has 0 saturated carbocycles. The maximum absolute atomic E-state index is 12.5. The lowest BCUT2D eigenvalue weighted by atomic mass is 10.1. The minimum Gasteiger partial charge on any atom is -0.490 e. The number of amides is 1. The van der Waals surface area contributed by atoms with Crippen LogP contribution in [-0.4, -0.2) is 37.0 Å². The quantitative estimate of drug-likeness (QED) is 0.462. The molecule has 0 aliphatic rings. The van der Waals surface area contributed by atoms with Gasteiger partial charge in [0.1, 0.15) is 0 Å². The second-order valence-corrected chi connectivity index (χ2v) is 6.62. The first kappa shape index (κ1) is 22.9. The van der Waals surface area contributed by atoms with Gasteiger partial charge in [0.15, 0.2) is 23.4 Å². The standard InChI is InChI=1S/C23H27NO6/c1-5-12-29-20-11-10-18(14-21(20)28-6-2)23(27)30-16(4)22(26)24-19-9-7-8-17(13-19)15(3)25/h7-11,13-14,16H,5-6,12H2,1-4H3,(H,24,26)/t16-/m0/s1. The Morgan fingerprint density at radius 3 is 2.40 bits per heavy atom. The monoisotopic (exact) mass is 413 g/mol. The summed E-state index contributed by atoms with van der Waals surface area (Å²) in [6, 6.07) is 11.3. The number of rotatable bonds is 10. The van der Waals surface area contributed by atoms with E-state index in [0.29, 0.717) is 36.0 Å². The first-order valence-corrected chi connectivity index (χ1v) is 9.88. The van der Waals surface area contributed by atoms with Crippen molar-refractivity contribution >= 4 is 23.3 Å². The molecule has 0 spiro atoms. The summed E-state index contributed by atoms with van der Waals surface area (Å²) in [5.41, 5.74) is 1.18. The number of carbonyl (C=O) groups is 3. The van der Waals surface area contributed by atoms with E-state index in [0.717, 1.165) is 6.42 Å². The molecule has 0 heterocycles. The first-order valence-electron chi connectivity index (χ1n) is 9.88. The Morgan fingerprint density at radius 1 is 0.967 bits per heavy atom. The zero-order valence-electron chi connectivity index (χ0n) is 17.7. The fraction of sp³-hybridized carbons (Fsp3) is 0.348. The van der Waals surface area contributed by atoms with Crippen molar-refractivity contribution in [1.29, 1.82) is 0 Å². The molecule has 0 unspecified atom stereocenters. The number of carbonyl (C=O) groups excluding carboxylic acids is 3. The highest BCUT2D eigenvalue weighted by molar-refractivity contribution is 5.99. The van der Waals surface area contributed by atoms with Crippen LogP contribution in [0.1, 0.15) is 54.8 Å². The van der Waals surface area contributed by atoms with Crippen LogP contribution in [0.4, 0.5) is 5.69 Å². The summed E-state index contributed by atoms with van der Waals surface area (Å²) in [7, 11) is 0. The minimum absolute atomic E-state index is 0.109. The van der Waals surface area contributed by atoms with Gasteiger partial charge in [0.2, 0.25) is 0 Å². The van der Waals surface area contributed by atoms with Crippen molar-refractivity contribution in [3.05, 3.63) is 53.6 Å². The number of ether oxygens (including phenoxy) is 3. The van der Waals surface area contributed by atoms with Gasteiger partial charge in [0, 0.05) is 11.3 Å². The summed E-state index contributed by atoms with van der Waals surface area (Å²) < 4.78 is 16.5. The lowest BCUT2D eigenvalue weighted by Crippen LogP contribution is -2.30. The van der Waals surface area contributed by atoms with Crippen LogP contribution >= 0.6 is 0 Å². The van der Waals surface area contributed by atoms with Crippen LogP contribution in [0.15, 0.2) is 42.5 Å². The fourth-order valence-corrected chi connectivity index (χ4v) is 2.58. The van der Waals surface area contributed by atoms with Gasteiger partial charge < -0.3 is 19.5 Å². The van der Waals surface area contributed by atoms with Gasteiger partial charge in [-0.1, -0.05) is 19.1 Å². The van der Waals surface area contributed by atoms with Crippen molar-refractivity contribution in [1.82, 2.24) is 0 Å². The molecule has 30 heavy (non-hydrogen) atoms. The molecule has 2 aromatic carbocycles. The molecule has 1 N–H and O–H groups in total. The van der Waals surface area contributed by atoms with Gasteiger partial charge in [-0.25, -0.2) is 4.79 Å². The Balaban J connectivity index is 2.05. The summed E-state index contributed by atoms with van der Waals surface area (Å²) in [5, 5.41) is 2.64. The highest BCUT2D eigenvalue weighted by Crippen LogP contribution is 2.29. The Morgan fingerprint density at radius 2 is 1.73 bits per heavy atom. The molecule has 0 bridgehead atoms. The number of hydrogen-bond acceptors (Lipinski definition) is 6. The SMILES string of the molecule is CCCOc1ccc(C(=O)O[C@@H](C)C(=O)Nc2cccc(C(C)=O)c2)cc1OCC. The number of benzene rings is 2. The summed E-state index contributed by atoms with van der Waals surface area (Å²) in [6.07, 6.45) is -0.192. The molecule has 1 amide bonds. The fourth-order valence-electron chi connectivity index (χ4n) is 2.58. The van der Waals surface area contributed by atoms with Crippen LogP contribution < -0.4 is 14.8 Å². The molecular weight excluding hydrogens is 386 g/mol. The van der Waals surface area contributed by atoms with Crippen LogP contribution in [0.2, 0.25) is 0 Å². The molecular formula is C23H27NO6. The summed E-state index contributed by atoms with van der Waals surface area (Å²) >= 11 is 0. The normalized spacial score (nSPS) is 11.3. The molecule has 1 atom stereocenters. The largest absolute Gasteiger partial charge is 0.490 e. The van der Waals surface area contributed by atoms with Gasteiger partial charge in [-0.2, -0.15) is 0 Å².